The number of rotatable bonds is 1. The summed E-state index contributed by atoms with van der Waals surface area (Å²) in [5.74, 6) is -0.0903. The largest absolute Gasteiger partial charge is 0.512 e. The molecule has 0 amide bonds. The second kappa shape index (κ2) is 4.21. The van der Waals surface area contributed by atoms with Crippen molar-refractivity contribution in [2.24, 2.45) is 0 Å². The van der Waals surface area contributed by atoms with Crippen molar-refractivity contribution in [2.45, 2.75) is 6.92 Å². The molecule has 0 aliphatic rings. The number of aromatic amines is 1. The Morgan fingerprint density at radius 1 is 1.41 bits per heavy atom. The van der Waals surface area contributed by atoms with E-state index < -0.39 is 6.16 Å². The predicted molar refractivity (Wildman–Crippen MR) is 65.7 cm³/mol. The van der Waals surface area contributed by atoms with Crippen LogP contribution in [-0.2, 0) is 0 Å². The number of aryl methyl sites for hydroxylation is 1. The summed E-state index contributed by atoms with van der Waals surface area (Å²) in [5.41, 5.74) is 1.16. The number of hydrogen-bond acceptors (Lipinski definition) is 3. The number of nitrogens with one attached hydrogen (secondary N) is 1. The first-order valence-corrected chi connectivity index (χ1v) is 5.50. The van der Waals surface area contributed by atoms with E-state index >= 15 is 0 Å². The van der Waals surface area contributed by atoms with Crippen molar-refractivity contribution >= 4 is 33.0 Å². The van der Waals surface area contributed by atoms with Gasteiger partial charge in [-0.25, -0.2) is 4.79 Å². The van der Waals surface area contributed by atoms with E-state index in [0.29, 0.717) is 15.4 Å². The molecule has 0 aliphatic heterocycles. The first-order chi connectivity index (χ1) is 7.97. The fraction of sp³-hybridized carbons (Fsp3) is 0.0909. The van der Waals surface area contributed by atoms with Crippen LogP contribution in [-0.4, -0.2) is 16.2 Å². The summed E-state index contributed by atoms with van der Waals surface area (Å²) in [5, 5.41) is 8.95. The number of benzene rings is 1. The van der Waals surface area contributed by atoms with Gasteiger partial charge >= 0.3 is 6.16 Å². The highest BCUT2D eigenvalue weighted by Crippen LogP contribution is 2.23. The molecule has 0 fully saturated rings. The molecule has 0 bridgehead atoms. The Morgan fingerprint density at radius 2 is 2.12 bits per heavy atom. The first-order valence-electron chi connectivity index (χ1n) is 4.71. The van der Waals surface area contributed by atoms with E-state index in [1.165, 1.54) is 0 Å². The summed E-state index contributed by atoms with van der Waals surface area (Å²) in [4.78, 5) is 24.9. The summed E-state index contributed by atoms with van der Waals surface area (Å²) >= 11 is 3.30. The van der Waals surface area contributed by atoms with Crippen LogP contribution in [0.15, 0.2) is 27.5 Å². The molecule has 2 aromatic rings. The van der Waals surface area contributed by atoms with Crippen LogP contribution in [0.3, 0.4) is 0 Å². The average Bonchev–Trinajstić information content (AvgIpc) is 2.13. The van der Waals surface area contributed by atoms with Crippen LogP contribution < -0.4 is 10.2 Å². The van der Waals surface area contributed by atoms with Gasteiger partial charge in [0, 0.05) is 10.5 Å². The quantitative estimate of drug-likeness (QED) is 0.793. The molecule has 0 saturated heterocycles. The zero-order valence-electron chi connectivity index (χ0n) is 8.78. The number of halogens is 1. The number of fused-ring (bicyclic) bond motifs is 1. The molecule has 0 unspecified atom stereocenters. The number of carboxylic acid groups (broad SMARTS) is 1. The molecule has 1 heterocycles. The summed E-state index contributed by atoms with van der Waals surface area (Å²) in [7, 11) is 0. The van der Waals surface area contributed by atoms with E-state index in [1.54, 1.807) is 6.07 Å². The Morgan fingerprint density at radius 3 is 2.76 bits per heavy atom. The topological polar surface area (TPSA) is 79.4 Å². The smallest absolute Gasteiger partial charge is 0.449 e. The van der Waals surface area contributed by atoms with Gasteiger partial charge in [0.1, 0.15) is 0 Å². The molecule has 2 rings (SSSR count). The van der Waals surface area contributed by atoms with Crippen LogP contribution in [0.25, 0.3) is 10.9 Å². The van der Waals surface area contributed by atoms with Gasteiger partial charge in [-0.3, -0.25) is 4.79 Å². The molecule has 17 heavy (non-hydrogen) atoms. The summed E-state index contributed by atoms with van der Waals surface area (Å²) in [6.07, 6.45) is -1.47. The zero-order valence-corrected chi connectivity index (χ0v) is 10.4. The molecule has 5 nitrogen and oxygen atoms in total. The Labute approximate surface area is 104 Å². The van der Waals surface area contributed by atoms with Gasteiger partial charge in [-0.2, -0.15) is 0 Å². The van der Waals surface area contributed by atoms with Gasteiger partial charge in [-0.15, -0.1) is 0 Å². The van der Waals surface area contributed by atoms with Crippen molar-refractivity contribution in [3.8, 4) is 5.88 Å². The van der Waals surface area contributed by atoms with Crippen molar-refractivity contribution in [1.29, 1.82) is 0 Å². The lowest BCUT2D eigenvalue weighted by atomic mass is 10.1. The molecule has 2 N–H and O–H groups in total. The Bertz CT molecular complexity index is 662. The Balaban J connectivity index is 2.73. The predicted octanol–water partition coefficient (Wildman–Crippen LogP) is 2.66. The normalized spacial score (nSPS) is 10.5. The number of H-pyrrole nitrogens is 1. The fourth-order valence-corrected chi connectivity index (χ4v) is 2.37. The van der Waals surface area contributed by atoms with Gasteiger partial charge in [0.25, 0.3) is 0 Å². The van der Waals surface area contributed by atoms with Gasteiger partial charge in [-0.05, 0) is 40.5 Å². The third-order valence-electron chi connectivity index (χ3n) is 2.20. The van der Waals surface area contributed by atoms with Crippen LogP contribution in [0.2, 0.25) is 0 Å². The van der Waals surface area contributed by atoms with E-state index in [1.807, 2.05) is 13.0 Å². The van der Waals surface area contributed by atoms with Crippen LogP contribution in [0, 0.1) is 6.92 Å². The van der Waals surface area contributed by atoms with Gasteiger partial charge < -0.3 is 14.8 Å². The van der Waals surface area contributed by atoms with E-state index in [0.717, 1.165) is 11.6 Å². The Kier molecular flexibility index (Phi) is 2.89. The van der Waals surface area contributed by atoms with E-state index in [9.17, 15) is 9.59 Å². The number of ether oxygens (including phenoxy) is 1. The van der Waals surface area contributed by atoms with Crippen molar-refractivity contribution in [2.75, 3.05) is 0 Å². The lowest BCUT2D eigenvalue weighted by molar-refractivity contribution is 0.142. The second-order valence-corrected chi connectivity index (χ2v) is 4.39. The van der Waals surface area contributed by atoms with Crippen molar-refractivity contribution in [3.05, 3.63) is 38.5 Å². The minimum absolute atomic E-state index is 0.0903. The van der Waals surface area contributed by atoms with Crippen LogP contribution in [0.5, 0.6) is 5.88 Å². The highest BCUT2D eigenvalue weighted by atomic mass is 79.9. The highest BCUT2D eigenvalue weighted by Gasteiger charge is 2.09. The molecule has 88 valence electrons. The molecule has 0 atom stereocenters. The van der Waals surface area contributed by atoms with E-state index in [4.69, 9.17) is 5.11 Å². The fourth-order valence-electron chi connectivity index (χ4n) is 1.60. The lowest BCUT2D eigenvalue weighted by Crippen LogP contribution is -2.09. The van der Waals surface area contributed by atoms with Gasteiger partial charge in [0.2, 0.25) is 5.88 Å². The molecule has 1 aromatic heterocycles. The number of aromatic nitrogens is 1. The summed E-state index contributed by atoms with van der Waals surface area (Å²) < 4.78 is 5.09. The zero-order chi connectivity index (χ0) is 12.6. The molecule has 1 aromatic carbocycles. The molecule has 0 saturated carbocycles. The lowest BCUT2D eigenvalue weighted by Gasteiger charge is -2.05. The molecule has 6 heteroatoms. The SMILES string of the molecule is Cc1cc(Br)c2c(=O)cc(OC(=O)O)[nH]c2c1. The Hall–Kier alpha value is -1.82. The number of carbonyl (C=O) groups is 1. The van der Waals surface area contributed by atoms with Gasteiger partial charge in [-0.1, -0.05) is 0 Å². The van der Waals surface area contributed by atoms with Gasteiger partial charge in [0.15, 0.2) is 5.43 Å². The summed E-state index contributed by atoms with van der Waals surface area (Å²) in [6.45, 7) is 1.87. The number of pyridine rings is 1. The van der Waals surface area contributed by atoms with Crippen molar-refractivity contribution in [3.63, 3.8) is 0 Å². The third kappa shape index (κ3) is 2.31. The maximum Gasteiger partial charge on any atom is 0.512 e. The third-order valence-corrected chi connectivity index (χ3v) is 2.82. The van der Waals surface area contributed by atoms with Crippen LogP contribution in [0.4, 0.5) is 4.79 Å². The van der Waals surface area contributed by atoms with Crippen molar-refractivity contribution in [1.82, 2.24) is 4.98 Å². The summed E-state index contributed by atoms with van der Waals surface area (Å²) in [6, 6.07) is 4.67. The molecular formula is C11H8BrNO4. The standard InChI is InChI=1S/C11H8BrNO4/c1-5-2-6(12)10-7(3-5)13-9(4-8(10)14)17-11(15)16/h2-4H,1H3,(H,13,14)(H,15,16). The molecular weight excluding hydrogens is 290 g/mol. The number of hydrogen-bond donors (Lipinski definition) is 2. The maximum atomic E-state index is 11.8. The van der Waals surface area contributed by atoms with E-state index in [-0.39, 0.29) is 11.3 Å². The molecule has 0 radical (unpaired) electrons. The molecule has 0 aliphatic carbocycles. The average molecular weight is 298 g/mol. The van der Waals surface area contributed by atoms with Gasteiger partial charge in [0.05, 0.1) is 10.9 Å². The maximum absolute atomic E-state index is 11.8. The van der Waals surface area contributed by atoms with E-state index in [2.05, 4.69) is 25.7 Å². The second-order valence-electron chi connectivity index (χ2n) is 3.54. The highest BCUT2D eigenvalue weighted by molar-refractivity contribution is 9.10. The first kappa shape index (κ1) is 11.7. The van der Waals surface area contributed by atoms with Crippen LogP contribution >= 0.6 is 15.9 Å². The minimum Gasteiger partial charge on any atom is -0.449 e. The minimum atomic E-state index is -1.47. The van der Waals surface area contributed by atoms with Crippen LogP contribution in [0.1, 0.15) is 5.56 Å². The monoisotopic (exact) mass is 297 g/mol. The van der Waals surface area contributed by atoms with Crippen molar-refractivity contribution < 1.29 is 14.6 Å². The molecule has 0 spiro atoms.